The van der Waals surface area contributed by atoms with Gasteiger partial charge in [0.05, 0.1) is 10.4 Å². The molecule has 0 aliphatic heterocycles. The van der Waals surface area contributed by atoms with Gasteiger partial charge in [-0.05, 0) is 31.4 Å². The Morgan fingerprint density at radius 3 is 2.53 bits per heavy atom. The van der Waals surface area contributed by atoms with Crippen LogP contribution < -0.4 is 4.74 Å². The first-order valence-corrected chi connectivity index (χ1v) is 10.4. The number of aryl methyl sites for hydroxylation is 3. The minimum Gasteiger partial charge on any atom is -0.478 e. The van der Waals surface area contributed by atoms with E-state index < -0.39 is 23.9 Å². The molecular weight excluding hydrogens is 421 g/mol. The van der Waals surface area contributed by atoms with Crippen LogP contribution in [0, 0.1) is 6.92 Å². The molecule has 3 aromatic rings. The summed E-state index contributed by atoms with van der Waals surface area (Å²) in [5.74, 6) is -1.01. The lowest BCUT2D eigenvalue weighted by Crippen LogP contribution is -2.20. The summed E-state index contributed by atoms with van der Waals surface area (Å²) < 4.78 is 51.2. The molecule has 0 bridgehead atoms. The second kappa shape index (κ2) is 8.63. The van der Waals surface area contributed by atoms with Crippen LogP contribution in [0.1, 0.15) is 60.3 Å². The van der Waals surface area contributed by atoms with E-state index in [0.717, 1.165) is 0 Å². The van der Waals surface area contributed by atoms with E-state index in [4.69, 9.17) is 9.26 Å². The number of hydrogen-bond donors (Lipinski definition) is 1. The van der Waals surface area contributed by atoms with Crippen LogP contribution >= 0.6 is 11.3 Å². The van der Waals surface area contributed by atoms with Crippen molar-refractivity contribution in [3.8, 4) is 5.75 Å². The van der Waals surface area contributed by atoms with E-state index in [-0.39, 0.29) is 22.4 Å². The van der Waals surface area contributed by atoms with Gasteiger partial charge in [0, 0.05) is 10.9 Å². The number of rotatable bonds is 8. The Morgan fingerprint density at radius 2 is 2.00 bits per heavy atom. The van der Waals surface area contributed by atoms with E-state index in [0.29, 0.717) is 41.8 Å². The van der Waals surface area contributed by atoms with Crippen LogP contribution in [0.4, 0.5) is 13.2 Å². The number of thiazole rings is 1. The Morgan fingerprint density at radius 1 is 1.30 bits per heavy atom. The highest BCUT2D eigenvalue weighted by Crippen LogP contribution is 2.42. The number of benzene rings is 1. The summed E-state index contributed by atoms with van der Waals surface area (Å²) in [5, 5.41) is 15.1. The third-order valence-electron chi connectivity index (χ3n) is 4.54. The van der Waals surface area contributed by atoms with Gasteiger partial charge in [-0.3, -0.25) is 0 Å². The zero-order valence-corrected chi connectivity index (χ0v) is 17.5. The molecule has 0 aliphatic rings. The summed E-state index contributed by atoms with van der Waals surface area (Å²) >= 11 is 1.29. The van der Waals surface area contributed by atoms with E-state index >= 15 is 0 Å². The molecule has 0 radical (unpaired) electrons. The third kappa shape index (κ3) is 4.28. The quantitative estimate of drug-likeness (QED) is 0.480. The Balaban J connectivity index is 2.21. The molecule has 2 heterocycles. The maximum absolute atomic E-state index is 13.4. The normalized spacial score (nSPS) is 13.0. The molecule has 1 unspecified atom stereocenters. The number of alkyl halides is 3. The molecule has 162 valence electrons. The van der Waals surface area contributed by atoms with E-state index in [2.05, 4.69) is 10.1 Å². The second-order valence-corrected chi connectivity index (χ2v) is 7.94. The predicted octanol–water partition coefficient (Wildman–Crippen LogP) is 5.72. The maximum Gasteiger partial charge on any atom is 0.437 e. The van der Waals surface area contributed by atoms with E-state index in [1.807, 2.05) is 13.8 Å². The number of carboxylic acids is 1. The third-order valence-corrected chi connectivity index (χ3v) is 5.33. The first kappa shape index (κ1) is 22.1. The van der Waals surface area contributed by atoms with Crippen LogP contribution in [0.2, 0.25) is 0 Å². The van der Waals surface area contributed by atoms with Crippen LogP contribution in [-0.2, 0) is 23.8 Å². The number of hydrogen-bond acceptors (Lipinski definition) is 6. The van der Waals surface area contributed by atoms with Crippen molar-refractivity contribution in [3.05, 3.63) is 39.0 Å². The van der Waals surface area contributed by atoms with Crippen LogP contribution in [0.5, 0.6) is 5.75 Å². The molecule has 1 N–H and O–H groups in total. The van der Waals surface area contributed by atoms with Crippen molar-refractivity contribution in [2.75, 3.05) is 0 Å². The topological polar surface area (TPSA) is 85.5 Å². The molecule has 30 heavy (non-hydrogen) atoms. The standard InChI is InChI=1S/C20H21F3N2O4S/c1-4-6-11-8-13-16(29-25-18(13)20(21,22)23)12(7-5-2)15(11)28-17(19(26)27)14-9-30-10(3)24-14/h8-9,17H,4-7H2,1-3H3,(H,26,27). The van der Waals surface area contributed by atoms with E-state index in [9.17, 15) is 23.1 Å². The number of aliphatic carboxylic acids is 1. The fourth-order valence-electron chi connectivity index (χ4n) is 3.32. The fraction of sp³-hybridized carbons (Fsp3) is 0.450. The van der Waals surface area contributed by atoms with E-state index in [1.165, 1.54) is 17.4 Å². The zero-order valence-electron chi connectivity index (χ0n) is 16.7. The molecule has 0 saturated heterocycles. The number of carboxylic acid groups (broad SMARTS) is 1. The molecule has 2 aromatic heterocycles. The van der Waals surface area contributed by atoms with Crippen LogP contribution in [-0.4, -0.2) is 21.2 Å². The van der Waals surface area contributed by atoms with Crippen molar-refractivity contribution in [2.24, 2.45) is 0 Å². The minimum absolute atomic E-state index is 0.0300. The first-order chi connectivity index (χ1) is 14.2. The van der Waals surface area contributed by atoms with Gasteiger partial charge < -0.3 is 14.4 Å². The summed E-state index contributed by atoms with van der Waals surface area (Å²) in [6, 6.07) is 1.35. The van der Waals surface area contributed by atoms with Gasteiger partial charge in [0.1, 0.15) is 11.4 Å². The van der Waals surface area contributed by atoms with Gasteiger partial charge in [-0.1, -0.05) is 31.8 Å². The molecule has 1 aromatic carbocycles. The van der Waals surface area contributed by atoms with Gasteiger partial charge in [0.15, 0.2) is 11.3 Å². The van der Waals surface area contributed by atoms with Crippen molar-refractivity contribution in [1.82, 2.24) is 10.1 Å². The van der Waals surface area contributed by atoms with Gasteiger partial charge in [0.25, 0.3) is 0 Å². The van der Waals surface area contributed by atoms with Crippen molar-refractivity contribution in [3.63, 3.8) is 0 Å². The van der Waals surface area contributed by atoms with Crippen LogP contribution in [0.25, 0.3) is 11.0 Å². The Kier molecular flexibility index (Phi) is 6.35. The van der Waals surface area contributed by atoms with Gasteiger partial charge >= 0.3 is 12.1 Å². The van der Waals surface area contributed by atoms with Gasteiger partial charge in [0.2, 0.25) is 6.10 Å². The monoisotopic (exact) mass is 442 g/mol. The number of fused-ring (bicyclic) bond motifs is 1. The lowest BCUT2D eigenvalue weighted by molar-refractivity contribution is -0.145. The summed E-state index contributed by atoms with van der Waals surface area (Å²) in [4.78, 5) is 16.1. The zero-order chi connectivity index (χ0) is 22.1. The van der Waals surface area contributed by atoms with Crippen molar-refractivity contribution < 1.29 is 32.3 Å². The Labute approximate surface area is 174 Å². The summed E-state index contributed by atoms with van der Waals surface area (Å²) in [6.45, 7) is 5.49. The Bertz CT molecular complexity index is 1060. The molecule has 0 saturated carbocycles. The summed E-state index contributed by atoms with van der Waals surface area (Å²) in [7, 11) is 0. The van der Waals surface area contributed by atoms with E-state index in [1.54, 1.807) is 12.3 Å². The molecule has 0 fully saturated rings. The number of aromatic nitrogens is 2. The minimum atomic E-state index is -4.66. The average Bonchev–Trinajstić information content (AvgIpc) is 3.27. The summed E-state index contributed by atoms with van der Waals surface area (Å²) in [6.07, 6.45) is -4.07. The maximum atomic E-state index is 13.4. The lowest BCUT2D eigenvalue weighted by Gasteiger charge is -2.20. The van der Waals surface area contributed by atoms with Crippen molar-refractivity contribution in [1.29, 1.82) is 0 Å². The number of carbonyl (C=O) groups is 1. The molecule has 0 aliphatic carbocycles. The molecule has 0 spiro atoms. The van der Waals surface area contributed by atoms with Gasteiger partial charge in [-0.15, -0.1) is 11.3 Å². The second-order valence-electron chi connectivity index (χ2n) is 6.88. The number of halogens is 3. The molecule has 10 heteroatoms. The van der Waals surface area contributed by atoms with Crippen LogP contribution in [0.15, 0.2) is 16.0 Å². The molecule has 1 atom stereocenters. The predicted molar refractivity (Wildman–Crippen MR) is 105 cm³/mol. The van der Waals surface area contributed by atoms with Gasteiger partial charge in [-0.25, -0.2) is 9.78 Å². The highest BCUT2D eigenvalue weighted by molar-refractivity contribution is 7.09. The molecule has 0 amide bonds. The number of ether oxygens (including phenoxy) is 1. The Hall–Kier alpha value is -2.62. The molecule has 3 rings (SSSR count). The molecule has 6 nitrogen and oxygen atoms in total. The average molecular weight is 442 g/mol. The van der Waals surface area contributed by atoms with Crippen molar-refractivity contribution in [2.45, 2.75) is 58.7 Å². The lowest BCUT2D eigenvalue weighted by atomic mass is 9.97. The van der Waals surface area contributed by atoms with Gasteiger partial charge in [-0.2, -0.15) is 13.2 Å². The SMILES string of the molecule is CCCc1cc2c(C(F)(F)F)noc2c(CCC)c1OC(C(=O)O)c1csc(C)n1. The first-order valence-electron chi connectivity index (χ1n) is 9.50. The van der Waals surface area contributed by atoms with Crippen LogP contribution in [0.3, 0.4) is 0 Å². The number of nitrogens with zero attached hydrogens (tertiary/aromatic N) is 2. The highest BCUT2D eigenvalue weighted by Gasteiger charge is 2.38. The fourth-order valence-corrected chi connectivity index (χ4v) is 3.95. The molecular formula is C20H21F3N2O4S. The largest absolute Gasteiger partial charge is 0.478 e. The summed E-state index contributed by atoms with van der Waals surface area (Å²) in [5.41, 5.74) is -0.00941. The smallest absolute Gasteiger partial charge is 0.437 e. The van der Waals surface area contributed by atoms with Crippen molar-refractivity contribution >= 4 is 28.3 Å². The highest BCUT2D eigenvalue weighted by atomic mass is 32.1.